The molecule has 0 amide bonds. The van der Waals surface area contributed by atoms with Gasteiger partial charge in [0.15, 0.2) is 0 Å². The van der Waals surface area contributed by atoms with E-state index >= 15 is 0 Å². The molecule has 0 saturated carbocycles. The van der Waals surface area contributed by atoms with Gasteiger partial charge in [0.1, 0.15) is 0 Å². The molecular weight excluding hydrogens is 221 g/mol. The van der Waals surface area contributed by atoms with Crippen LogP contribution in [0.5, 0.6) is 0 Å². The smallest absolute Gasteiger partial charge is 0.0871 e. The van der Waals surface area contributed by atoms with Crippen LogP contribution in [-0.2, 0) is 6.42 Å². The Morgan fingerprint density at radius 3 is 2.71 bits per heavy atom. The van der Waals surface area contributed by atoms with E-state index in [4.69, 9.17) is 28.4 Å². The molecule has 1 aromatic carbocycles. The maximum Gasteiger partial charge on any atom is 0.0871 e. The van der Waals surface area contributed by atoms with Crippen molar-refractivity contribution in [2.45, 2.75) is 19.3 Å². The topological polar surface area (TPSA) is 32.6 Å². The molecule has 1 aliphatic carbocycles. The fraction of sp³-hybridized carbons (Fsp3) is 0.300. The minimum Gasteiger partial charge on any atom is -0.411 e. The number of nitrogens with zero attached hydrogens (tertiary/aromatic N) is 1. The van der Waals surface area contributed by atoms with Crippen LogP contribution in [0.15, 0.2) is 17.3 Å². The zero-order valence-electron chi connectivity index (χ0n) is 7.43. The number of rotatable bonds is 0. The minimum atomic E-state index is 0.560. The van der Waals surface area contributed by atoms with Gasteiger partial charge in [-0.2, -0.15) is 0 Å². The van der Waals surface area contributed by atoms with Crippen LogP contribution >= 0.6 is 23.2 Å². The number of oxime groups is 1. The first-order chi connectivity index (χ1) is 6.74. The molecule has 2 rings (SSSR count). The lowest BCUT2D eigenvalue weighted by Crippen LogP contribution is -2.12. The van der Waals surface area contributed by atoms with Crippen LogP contribution < -0.4 is 0 Å². The zero-order chi connectivity index (χ0) is 10.1. The summed E-state index contributed by atoms with van der Waals surface area (Å²) in [6.07, 6.45) is 2.64. The van der Waals surface area contributed by atoms with Gasteiger partial charge in [-0.25, -0.2) is 0 Å². The lowest BCUT2D eigenvalue weighted by molar-refractivity contribution is 0.317. The number of hydrogen-bond donors (Lipinski definition) is 1. The van der Waals surface area contributed by atoms with Gasteiger partial charge >= 0.3 is 0 Å². The van der Waals surface area contributed by atoms with E-state index in [0.29, 0.717) is 15.8 Å². The van der Waals surface area contributed by atoms with Crippen molar-refractivity contribution in [3.05, 3.63) is 33.3 Å². The molecule has 1 aromatic rings. The van der Waals surface area contributed by atoms with Crippen LogP contribution in [-0.4, -0.2) is 10.9 Å². The monoisotopic (exact) mass is 229 g/mol. The normalized spacial score (nSPS) is 18.3. The molecule has 1 N–H and O–H groups in total. The molecule has 0 heterocycles. The Labute approximate surface area is 92.1 Å². The van der Waals surface area contributed by atoms with E-state index in [1.54, 1.807) is 6.07 Å². The van der Waals surface area contributed by atoms with Crippen molar-refractivity contribution in [3.63, 3.8) is 0 Å². The molecular formula is C10H9Cl2NO. The van der Waals surface area contributed by atoms with E-state index in [-0.39, 0.29) is 0 Å². The molecule has 0 bridgehead atoms. The predicted molar refractivity (Wildman–Crippen MR) is 57.7 cm³/mol. The summed E-state index contributed by atoms with van der Waals surface area (Å²) in [6, 6.07) is 3.59. The first-order valence-corrected chi connectivity index (χ1v) is 5.18. The summed E-state index contributed by atoms with van der Waals surface area (Å²) < 4.78 is 0. The molecule has 2 nitrogen and oxygen atoms in total. The van der Waals surface area contributed by atoms with Crippen LogP contribution in [0.1, 0.15) is 24.0 Å². The standard InChI is InChI=1S/C10H9Cl2NO/c11-8-5-4-6-7(10(8)12)2-1-3-9(6)13-14/h4-5,14H,1-3H2. The second-order valence-electron chi connectivity index (χ2n) is 3.29. The van der Waals surface area contributed by atoms with Crippen molar-refractivity contribution < 1.29 is 5.21 Å². The Morgan fingerprint density at radius 2 is 2.00 bits per heavy atom. The van der Waals surface area contributed by atoms with Crippen molar-refractivity contribution in [2.75, 3.05) is 0 Å². The van der Waals surface area contributed by atoms with Crippen molar-refractivity contribution in [1.82, 2.24) is 0 Å². The molecule has 0 unspecified atom stereocenters. The van der Waals surface area contributed by atoms with Crippen molar-refractivity contribution in [3.8, 4) is 0 Å². The van der Waals surface area contributed by atoms with Crippen molar-refractivity contribution in [2.24, 2.45) is 5.16 Å². The van der Waals surface area contributed by atoms with E-state index < -0.39 is 0 Å². The molecule has 0 fully saturated rings. The van der Waals surface area contributed by atoms with Gasteiger partial charge in [-0.1, -0.05) is 34.4 Å². The highest BCUT2D eigenvalue weighted by atomic mass is 35.5. The van der Waals surface area contributed by atoms with Gasteiger partial charge < -0.3 is 5.21 Å². The van der Waals surface area contributed by atoms with E-state index in [9.17, 15) is 0 Å². The first kappa shape index (κ1) is 9.81. The van der Waals surface area contributed by atoms with Crippen molar-refractivity contribution in [1.29, 1.82) is 0 Å². The van der Waals surface area contributed by atoms with Crippen LogP contribution in [0.25, 0.3) is 0 Å². The number of hydrogen-bond acceptors (Lipinski definition) is 2. The summed E-state index contributed by atoms with van der Waals surface area (Å²) in [7, 11) is 0. The van der Waals surface area contributed by atoms with Gasteiger partial charge in [0, 0.05) is 5.56 Å². The third-order valence-corrected chi connectivity index (χ3v) is 3.31. The summed E-state index contributed by atoms with van der Waals surface area (Å²) in [5, 5.41) is 13.2. The van der Waals surface area contributed by atoms with Crippen LogP contribution in [0, 0.1) is 0 Å². The SMILES string of the molecule is ON=C1CCCc2c1ccc(Cl)c2Cl. The molecule has 0 spiro atoms. The molecule has 1 aliphatic rings. The van der Waals surface area contributed by atoms with Crippen LogP contribution in [0.2, 0.25) is 10.0 Å². The van der Waals surface area contributed by atoms with Gasteiger partial charge in [-0.15, -0.1) is 0 Å². The maximum absolute atomic E-state index is 8.81. The van der Waals surface area contributed by atoms with E-state index in [0.717, 1.165) is 30.4 Å². The number of benzene rings is 1. The number of fused-ring (bicyclic) bond motifs is 1. The van der Waals surface area contributed by atoms with Crippen molar-refractivity contribution >= 4 is 28.9 Å². The Morgan fingerprint density at radius 1 is 1.21 bits per heavy atom. The molecule has 0 aromatic heterocycles. The van der Waals surface area contributed by atoms with Gasteiger partial charge in [-0.3, -0.25) is 0 Å². The van der Waals surface area contributed by atoms with Crippen LogP contribution in [0.4, 0.5) is 0 Å². The van der Waals surface area contributed by atoms with E-state index in [1.165, 1.54) is 0 Å². The van der Waals surface area contributed by atoms with E-state index in [2.05, 4.69) is 5.16 Å². The first-order valence-electron chi connectivity index (χ1n) is 4.42. The minimum absolute atomic E-state index is 0.560. The average molecular weight is 230 g/mol. The second-order valence-corrected chi connectivity index (χ2v) is 4.07. The summed E-state index contributed by atoms with van der Waals surface area (Å²) >= 11 is 12.0. The predicted octanol–water partition coefficient (Wildman–Crippen LogP) is 3.51. The fourth-order valence-corrected chi connectivity index (χ4v) is 2.21. The van der Waals surface area contributed by atoms with Crippen LogP contribution in [0.3, 0.4) is 0 Å². The third-order valence-electron chi connectivity index (χ3n) is 2.47. The zero-order valence-corrected chi connectivity index (χ0v) is 8.94. The molecule has 74 valence electrons. The molecule has 14 heavy (non-hydrogen) atoms. The fourth-order valence-electron chi connectivity index (χ4n) is 1.78. The van der Waals surface area contributed by atoms with Gasteiger partial charge in [0.05, 0.1) is 15.8 Å². The molecule has 0 saturated heterocycles. The highest BCUT2D eigenvalue weighted by molar-refractivity contribution is 6.42. The third kappa shape index (κ3) is 1.49. The Balaban J connectivity index is 2.62. The molecule has 4 heteroatoms. The highest BCUT2D eigenvalue weighted by Crippen LogP contribution is 2.33. The average Bonchev–Trinajstić information content (AvgIpc) is 2.23. The summed E-state index contributed by atoms with van der Waals surface area (Å²) in [5.41, 5.74) is 2.62. The Bertz CT molecular complexity index is 401. The molecule has 0 radical (unpaired) electrons. The van der Waals surface area contributed by atoms with Gasteiger partial charge in [0.2, 0.25) is 0 Å². The van der Waals surface area contributed by atoms with Gasteiger partial charge in [-0.05, 0) is 30.9 Å². The number of halogens is 2. The molecule has 0 atom stereocenters. The van der Waals surface area contributed by atoms with E-state index in [1.807, 2.05) is 6.07 Å². The lowest BCUT2D eigenvalue weighted by atomic mass is 9.90. The Kier molecular flexibility index (Phi) is 2.66. The largest absolute Gasteiger partial charge is 0.411 e. The quantitative estimate of drug-likeness (QED) is 0.536. The summed E-state index contributed by atoms with van der Waals surface area (Å²) in [5.74, 6) is 0. The summed E-state index contributed by atoms with van der Waals surface area (Å²) in [4.78, 5) is 0. The van der Waals surface area contributed by atoms with Gasteiger partial charge in [0.25, 0.3) is 0 Å². The summed E-state index contributed by atoms with van der Waals surface area (Å²) in [6.45, 7) is 0. The Hall–Kier alpha value is -0.730. The second kappa shape index (κ2) is 3.79. The lowest BCUT2D eigenvalue weighted by Gasteiger charge is -2.18. The highest BCUT2D eigenvalue weighted by Gasteiger charge is 2.19. The maximum atomic E-state index is 8.81. The molecule has 0 aliphatic heterocycles.